The maximum absolute atomic E-state index is 2.22. The molecule has 1 heteroatoms. The Morgan fingerprint density at radius 1 is 0.833 bits per heavy atom. The molecule has 0 radical (unpaired) electrons. The fourth-order valence-electron chi connectivity index (χ4n) is 2.26. The summed E-state index contributed by atoms with van der Waals surface area (Å²) >= 11 is 0. The molecule has 0 saturated carbocycles. The minimum atomic E-state index is 0.918. The fourth-order valence-corrected chi connectivity index (χ4v) is 2.26. The Labute approximate surface area is 107 Å². The fraction of sp³-hybridized carbons (Fsp3) is 0.118. The number of pyridine rings is 1. The third kappa shape index (κ3) is 2.12. The van der Waals surface area contributed by atoms with Gasteiger partial charge in [0.25, 0.3) is 0 Å². The second-order valence-corrected chi connectivity index (χ2v) is 4.69. The molecule has 0 aliphatic carbocycles. The molecule has 3 rings (SSSR count). The van der Waals surface area contributed by atoms with Crippen LogP contribution in [-0.4, -0.2) is 0 Å². The van der Waals surface area contributed by atoms with Crippen LogP contribution in [0.15, 0.2) is 67.0 Å². The van der Waals surface area contributed by atoms with Crippen LogP contribution < -0.4 is 4.57 Å². The van der Waals surface area contributed by atoms with E-state index >= 15 is 0 Å². The summed E-state index contributed by atoms with van der Waals surface area (Å²) in [6.07, 6.45) is 4.27. The van der Waals surface area contributed by atoms with Crippen LogP contribution in [0, 0.1) is 6.92 Å². The van der Waals surface area contributed by atoms with Gasteiger partial charge in [0.1, 0.15) is 0 Å². The molecule has 18 heavy (non-hydrogen) atoms. The highest BCUT2D eigenvalue weighted by Gasteiger charge is 2.05. The highest BCUT2D eigenvalue weighted by molar-refractivity contribution is 5.85. The lowest BCUT2D eigenvalue weighted by Crippen LogP contribution is -2.33. The van der Waals surface area contributed by atoms with Crippen LogP contribution in [0.3, 0.4) is 0 Å². The molecule has 88 valence electrons. The Bertz CT molecular complexity index is 663. The predicted octanol–water partition coefficient (Wildman–Crippen LogP) is 3.48. The van der Waals surface area contributed by atoms with Crippen molar-refractivity contribution in [1.29, 1.82) is 0 Å². The first-order chi connectivity index (χ1) is 8.83. The van der Waals surface area contributed by atoms with Gasteiger partial charge in [0.15, 0.2) is 18.9 Å². The Morgan fingerprint density at radius 3 is 2.39 bits per heavy atom. The first kappa shape index (κ1) is 11.0. The summed E-state index contributed by atoms with van der Waals surface area (Å²) in [6.45, 7) is 3.03. The highest BCUT2D eigenvalue weighted by atomic mass is 14.9. The number of aromatic nitrogens is 1. The molecule has 0 unspecified atom stereocenters. The number of nitrogens with zero attached hydrogens (tertiary/aromatic N) is 1. The third-order valence-corrected chi connectivity index (χ3v) is 3.29. The smallest absolute Gasteiger partial charge is 0.174 e. The molecule has 0 aliphatic heterocycles. The predicted molar refractivity (Wildman–Crippen MR) is 74.4 cm³/mol. The second-order valence-electron chi connectivity index (χ2n) is 4.69. The topological polar surface area (TPSA) is 3.88 Å². The van der Waals surface area contributed by atoms with Crippen molar-refractivity contribution in [2.45, 2.75) is 13.5 Å². The van der Waals surface area contributed by atoms with Gasteiger partial charge in [0.05, 0.1) is 0 Å². The molecule has 1 aromatic heterocycles. The van der Waals surface area contributed by atoms with Crippen molar-refractivity contribution in [2.75, 3.05) is 0 Å². The molecule has 0 spiro atoms. The van der Waals surface area contributed by atoms with Gasteiger partial charge in [-0.2, -0.15) is 0 Å². The van der Waals surface area contributed by atoms with Gasteiger partial charge in [-0.25, -0.2) is 4.57 Å². The van der Waals surface area contributed by atoms with E-state index < -0.39 is 0 Å². The van der Waals surface area contributed by atoms with Crippen LogP contribution in [0.25, 0.3) is 10.8 Å². The van der Waals surface area contributed by atoms with E-state index in [-0.39, 0.29) is 0 Å². The van der Waals surface area contributed by atoms with Gasteiger partial charge >= 0.3 is 0 Å². The number of hydrogen-bond acceptors (Lipinski definition) is 0. The van der Waals surface area contributed by atoms with Crippen molar-refractivity contribution in [3.63, 3.8) is 0 Å². The summed E-state index contributed by atoms with van der Waals surface area (Å²) in [5.41, 5.74) is 2.66. The number of rotatable bonds is 2. The Balaban J connectivity index is 2.02. The lowest BCUT2D eigenvalue weighted by atomic mass is 10.0. The van der Waals surface area contributed by atoms with Gasteiger partial charge in [-0.15, -0.1) is 0 Å². The van der Waals surface area contributed by atoms with Gasteiger partial charge < -0.3 is 0 Å². The summed E-state index contributed by atoms with van der Waals surface area (Å²) in [7, 11) is 0. The van der Waals surface area contributed by atoms with E-state index in [1.165, 1.54) is 21.9 Å². The van der Waals surface area contributed by atoms with Crippen LogP contribution >= 0.6 is 0 Å². The van der Waals surface area contributed by atoms with Crippen LogP contribution in [0.2, 0.25) is 0 Å². The minimum absolute atomic E-state index is 0.918. The monoisotopic (exact) mass is 234 g/mol. The molecule has 3 aromatic rings. The van der Waals surface area contributed by atoms with E-state index in [1.54, 1.807) is 0 Å². The van der Waals surface area contributed by atoms with Crippen LogP contribution in [0.4, 0.5) is 0 Å². The molecule has 0 fully saturated rings. The summed E-state index contributed by atoms with van der Waals surface area (Å²) < 4.78 is 2.22. The molecule has 0 saturated heterocycles. The van der Waals surface area contributed by atoms with Gasteiger partial charge in [-0.3, -0.25) is 0 Å². The SMILES string of the molecule is Cc1cc[n+](Cc2cccc3ccccc23)cc1. The first-order valence-corrected chi connectivity index (χ1v) is 6.25. The third-order valence-electron chi connectivity index (χ3n) is 3.29. The van der Waals surface area contributed by atoms with E-state index in [4.69, 9.17) is 0 Å². The molecule has 0 aliphatic rings. The summed E-state index contributed by atoms with van der Waals surface area (Å²) in [5.74, 6) is 0. The van der Waals surface area contributed by atoms with E-state index in [0.717, 1.165) is 6.54 Å². The number of hydrogen-bond donors (Lipinski definition) is 0. The van der Waals surface area contributed by atoms with Gasteiger partial charge in [0, 0.05) is 17.7 Å². The van der Waals surface area contributed by atoms with Crippen molar-refractivity contribution in [3.05, 3.63) is 78.1 Å². The number of benzene rings is 2. The maximum atomic E-state index is 2.22. The molecule has 1 heterocycles. The zero-order valence-electron chi connectivity index (χ0n) is 10.5. The van der Waals surface area contributed by atoms with Crippen molar-refractivity contribution in [1.82, 2.24) is 0 Å². The average molecular weight is 234 g/mol. The maximum Gasteiger partial charge on any atom is 0.174 e. The lowest BCUT2D eigenvalue weighted by molar-refractivity contribution is -0.688. The first-order valence-electron chi connectivity index (χ1n) is 6.25. The second kappa shape index (κ2) is 4.61. The summed E-state index contributed by atoms with van der Waals surface area (Å²) in [6, 6.07) is 19.3. The Morgan fingerprint density at radius 2 is 1.56 bits per heavy atom. The van der Waals surface area contributed by atoms with Gasteiger partial charge in [0.2, 0.25) is 0 Å². The zero-order chi connectivity index (χ0) is 12.4. The summed E-state index contributed by atoms with van der Waals surface area (Å²) in [5, 5.41) is 2.65. The minimum Gasteiger partial charge on any atom is -0.201 e. The molecule has 0 N–H and O–H groups in total. The van der Waals surface area contributed by atoms with Crippen molar-refractivity contribution in [2.24, 2.45) is 0 Å². The molecular formula is C17H16N+. The molecular weight excluding hydrogens is 218 g/mol. The Kier molecular flexibility index (Phi) is 2.81. The quantitative estimate of drug-likeness (QED) is 0.598. The van der Waals surface area contributed by atoms with E-state index in [1.807, 2.05) is 0 Å². The largest absolute Gasteiger partial charge is 0.201 e. The van der Waals surface area contributed by atoms with Crippen molar-refractivity contribution >= 4 is 10.8 Å². The molecule has 0 bridgehead atoms. The van der Waals surface area contributed by atoms with E-state index in [0.29, 0.717) is 0 Å². The van der Waals surface area contributed by atoms with Crippen LogP contribution in [0.5, 0.6) is 0 Å². The molecule has 1 nitrogen and oxygen atoms in total. The van der Waals surface area contributed by atoms with E-state index in [9.17, 15) is 0 Å². The van der Waals surface area contributed by atoms with Crippen molar-refractivity contribution in [3.8, 4) is 0 Å². The van der Waals surface area contributed by atoms with Crippen LogP contribution in [0.1, 0.15) is 11.1 Å². The zero-order valence-corrected chi connectivity index (χ0v) is 10.5. The van der Waals surface area contributed by atoms with Crippen LogP contribution in [-0.2, 0) is 6.54 Å². The molecule has 0 amide bonds. The molecule has 0 atom stereocenters. The highest BCUT2D eigenvalue weighted by Crippen LogP contribution is 2.17. The van der Waals surface area contributed by atoms with Crippen molar-refractivity contribution < 1.29 is 4.57 Å². The van der Waals surface area contributed by atoms with Gasteiger partial charge in [-0.1, -0.05) is 42.5 Å². The normalized spacial score (nSPS) is 10.7. The number of aryl methyl sites for hydroxylation is 1. The Hall–Kier alpha value is -2.15. The lowest BCUT2D eigenvalue weighted by Gasteiger charge is -2.03. The molecule has 2 aromatic carbocycles. The standard InChI is InChI=1S/C17H16N/c1-14-9-11-18(12-10-14)13-16-7-4-6-15-5-2-3-8-17(15)16/h2-12H,13H2,1H3/q+1. The van der Waals surface area contributed by atoms with E-state index in [2.05, 4.69) is 78.5 Å². The van der Waals surface area contributed by atoms with Gasteiger partial charge in [-0.05, 0) is 23.3 Å². The number of fused-ring (bicyclic) bond motifs is 1. The average Bonchev–Trinajstić information content (AvgIpc) is 2.42. The summed E-state index contributed by atoms with van der Waals surface area (Å²) in [4.78, 5) is 0.